The van der Waals surface area contributed by atoms with Crippen LogP contribution in [0, 0.1) is 0 Å². The van der Waals surface area contributed by atoms with E-state index in [0.717, 1.165) is 16.7 Å². The predicted molar refractivity (Wildman–Crippen MR) is 66.2 cm³/mol. The van der Waals surface area contributed by atoms with E-state index in [-0.39, 0.29) is 29.8 Å². The number of nitrogen functional groups attached to an aromatic ring is 1. The maximum absolute atomic E-state index is 12.4. The number of carbonyl (C=O) groups is 1. The maximum atomic E-state index is 12.4. The Kier molecular flexibility index (Phi) is 3.64. The maximum Gasteiger partial charge on any atom is 0.246 e. The van der Waals surface area contributed by atoms with Gasteiger partial charge in [0.1, 0.15) is 10.9 Å². The number of hydrazine groups is 1. The lowest BCUT2D eigenvalue weighted by Crippen LogP contribution is -2.55. The molecule has 0 spiro atoms. The lowest BCUT2D eigenvalue weighted by molar-refractivity contribution is -0.126. The number of rotatable bonds is 3. The molecule has 1 atom stereocenters. The Morgan fingerprint density at radius 3 is 2.68 bits per heavy atom. The van der Waals surface area contributed by atoms with Crippen LogP contribution in [0.25, 0.3) is 0 Å². The standard InChI is InChI=1S/C9H14N6O3S/c1-6-8(16)11-2-3-15(6)19(17,18)7-4-12-9(14-10)13-5-7/h4-6H,2-3,10H2,1H3,(H,11,16)(H,12,13,14). The topological polar surface area (TPSA) is 130 Å². The van der Waals surface area contributed by atoms with Gasteiger partial charge in [-0.15, -0.1) is 0 Å². The first-order chi connectivity index (χ1) is 8.96. The van der Waals surface area contributed by atoms with E-state index in [2.05, 4.69) is 20.7 Å². The lowest BCUT2D eigenvalue weighted by Gasteiger charge is -2.31. The van der Waals surface area contributed by atoms with E-state index in [1.165, 1.54) is 6.92 Å². The molecule has 4 N–H and O–H groups in total. The van der Waals surface area contributed by atoms with Crippen molar-refractivity contribution >= 4 is 21.9 Å². The molecule has 9 nitrogen and oxygen atoms in total. The van der Waals surface area contributed by atoms with Gasteiger partial charge in [-0.25, -0.2) is 24.2 Å². The zero-order valence-electron chi connectivity index (χ0n) is 10.2. The molecule has 1 aromatic rings. The third-order valence-electron chi connectivity index (χ3n) is 2.81. The number of carbonyl (C=O) groups excluding carboxylic acids is 1. The molecule has 1 fully saturated rings. The Morgan fingerprint density at radius 2 is 2.11 bits per heavy atom. The van der Waals surface area contributed by atoms with E-state index in [4.69, 9.17) is 5.84 Å². The van der Waals surface area contributed by atoms with Crippen molar-refractivity contribution in [1.82, 2.24) is 19.6 Å². The average molecular weight is 286 g/mol. The number of amides is 1. The summed E-state index contributed by atoms with van der Waals surface area (Å²) in [5.41, 5.74) is 2.21. The van der Waals surface area contributed by atoms with Crippen molar-refractivity contribution in [2.45, 2.75) is 17.9 Å². The van der Waals surface area contributed by atoms with E-state index in [1.54, 1.807) is 0 Å². The van der Waals surface area contributed by atoms with Crippen molar-refractivity contribution < 1.29 is 13.2 Å². The summed E-state index contributed by atoms with van der Waals surface area (Å²) in [6.45, 7) is 2.03. The van der Waals surface area contributed by atoms with Crippen LogP contribution in [0.2, 0.25) is 0 Å². The molecule has 19 heavy (non-hydrogen) atoms. The van der Waals surface area contributed by atoms with E-state index in [1.807, 2.05) is 0 Å². The Morgan fingerprint density at radius 1 is 1.47 bits per heavy atom. The van der Waals surface area contributed by atoms with Crippen LogP contribution in [0.1, 0.15) is 6.92 Å². The molecule has 1 aliphatic rings. The summed E-state index contributed by atoms with van der Waals surface area (Å²) < 4.78 is 25.8. The predicted octanol–water partition coefficient (Wildman–Crippen LogP) is -1.73. The van der Waals surface area contributed by atoms with Gasteiger partial charge >= 0.3 is 0 Å². The lowest BCUT2D eigenvalue weighted by atomic mass is 10.2. The first-order valence-corrected chi connectivity index (χ1v) is 6.99. The van der Waals surface area contributed by atoms with Crippen LogP contribution in [-0.4, -0.2) is 47.7 Å². The summed E-state index contributed by atoms with van der Waals surface area (Å²) in [5, 5.41) is 2.60. The molecule has 2 heterocycles. The molecule has 0 saturated carbocycles. The van der Waals surface area contributed by atoms with Crippen molar-refractivity contribution in [3.8, 4) is 0 Å². The molecule has 1 saturated heterocycles. The SMILES string of the molecule is CC1C(=O)NCCN1S(=O)(=O)c1cnc(NN)nc1. The van der Waals surface area contributed by atoms with Crippen molar-refractivity contribution in [2.75, 3.05) is 18.5 Å². The van der Waals surface area contributed by atoms with E-state index in [9.17, 15) is 13.2 Å². The minimum Gasteiger partial charge on any atom is -0.353 e. The van der Waals surface area contributed by atoms with Gasteiger partial charge in [0.25, 0.3) is 0 Å². The van der Waals surface area contributed by atoms with Gasteiger partial charge in [-0.05, 0) is 6.92 Å². The molecule has 10 heteroatoms. The van der Waals surface area contributed by atoms with Crippen LogP contribution >= 0.6 is 0 Å². The van der Waals surface area contributed by atoms with Crippen LogP contribution < -0.4 is 16.6 Å². The largest absolute Gasteiger partial charge is 0.353 e. The summed E-state index contributed by atoms with van der Waals surface area (Å²) in [4.78, 5) is 18.9. The Hall–Kier alpha value is -1.78. The Bertz CT molecular complexity index is 572. The molecule has 1 aromatic heterocycles. The minimum absolute atomic E-state index is 0.0759. The smallest absolute Gasteiger partial charge is 0.246 e. The Balaban J connectivity index is 2.32. The summed E-state index contributed by atoms with van der Waals surface area (Å²) in [7, 11) is -3.79. The molecule has 0 radical (unpaired) electrons. The van der Waals surface area contributed by atoms with Gasteiger partial charge in [-0.3, -0.25) is 10.2 Å². The van der Waals surface area contributed by atoms with E-state index >= 15 is 0 Å². The minimum atomic E-state index is -3.79. The van der Waals surface area contributed by atoms with Crippen LogP contribution in [0.5, 0.6) is 0 Å². The first-order valence-electron chi connectivity index (χ1n) is 5.55. The molecule has 0 aromatic carbocycles. The quantitative estimate of drug-likeness (QED) is 0.444. The molecule has 1 aliphatic heterocycles. The number of aromatic nitrogens is 2. The van der Waals surface area contributed by atoms with Gasteiger partial charge in [0.2, 0.25) is 21.9 Å². The van der Waals surface area contributed by atoms with Gasteiger partial charge in [-0.2, -0.15) is 4.31 Å². The third-order valence-corrected chi connectivity index (χ3v) is 4.73. The van der Waals surface area contributed by atoms with Crippen LogP contribution in [0.3, 0.4) is 0 Å². The van der Waals surface area contributed by atoms with Crippen LogP contribution in [0.4, 0.5) is 5.95 Å². The molecule has 1 amide bonds. The van der Waals surface area contributed by atoms with Gasteiger partial charge in [0.15, 0.2) is 0 Å². The van der Waals surface area contributed by atoms with Gasteiger partial charge in [0, 0.05) is 13.1 Å². The summed E-state index contributed by atoms with van der Waals surface area (Å²) in [6.07, 6.45) is 2.30. The number of nitrogens with one attached hydrogen (secondary N) is 2. The summed E-state index contributed by atoms with van der Waals surface area (Å²) in [5.74, 6) is 4.90. The number of sulfonamides is 1. The van der Waals surface area contributed by atoms with Gasteiger partial charge < -0.3 is 5.32 Å². The van der Waals surface area contributed by atoms with Crippen molar-refractivity contribution in [3.63, 3.8) is 0 Å². The van der Waals surface area contributed by atoms with Crippen molar-refractivity contribution in [3.05, 3.63) is 12.4 Å². The van der Waals surface area contributed by atoms with Crippen molar-refractivity contribution in [1.29, 1.82) is 0 Å². The molecule has 2 rings (SSSR count). The summed E-state index contributed by atoms with van der Waals surface area (Å²) >= 11 is 0. The van der Waals surface area contributed by atoms with Gasteiger partial charge in [-0.1, -0.05) is 0 Å². The van der Waals surface area contributed by atoms with Crippen LogP contribution in [-0.2, 0) is 14.8 Å². The third kappa shape index (κ3) is 2.50. The zero-order chi connectivity index (χ0) is 14.0. The molecule has 0 aliphatic carbocycles. The highest BCUT2D eigenvalue weighted by Crippen LogP contribution is 2.18. The molecule has 1 unspecified atom stereocenters. The number of hydrogen-bond acceptors (Lipinski definition) is 7. The monoisotopic (exact) mass is 286 g/mol. The molecular formula is C9H14N6O3S. The second-order valence-corrected chi connectivity index (χ2v) is 5.86. The number of nitrogens with zero attached hydrogens (tertiary/aromatic N) is 3. The molecule has 104 valence electrons. The average Bonchev–Trinajstić information content (AvgIpc) is 2.41. The number of hydrogen-bond donors (Lipinski definition) is 3. The fourth-order valence-corrected chi connectivity index (χ4v) is 3.24. The number of piperazine rings is 1. The number of anilines is 1. The van der Waals surface area contributed by atoms with Gasteiger partial charge in [0.05, 0.1) is 12.4 Å². The highest BCUT2D eigenvalue weighted by molar-refractivity contribution is 7.89. The second kappa shape index (κ2) is 5.07. The van der Waals surface area contributed by atoms with E-state index in [0.29, 0.717) is 0 Å². The fourth-order valence-electron chi connectivity index (χ4n) is 1.75. The zero-order valence-corrected chi connectivity index (χ0v) is 11.0. The normalized spacial score (nSPS) is 20.9. The van der Waals surface area contributed by atoms with E-state index < -0.39 is 16.1 Å². The highest BCUT2D eigenvalue weighted by Gasteiger charge is 2.35. The van der Waals surface area contributed by atoms with Crippen LogP contribution in [0.15, 0.2) is 17.3 Å². The second-order valence-electron chi connectivity index (χ2n) is 3.97. The Labute approximate surface area is 110 Å². The fraction of sp³-hybridized carbons (Fsp3) is 0.444. The highest BCUT2D eigenvalue weighted by atomic mass is 32.2. The molecular weight excluding hydrogens is 272 g/mol. The van der Waals surface area contributed by atoms with Crippen molar-refractivity contribution in [2.24, 2.45) is 5.84 Å². The number of nitrogens with two attached hydrogens (primary N) is 1. The molecule has 0 bridgehead atoms. The summed E-state index contributed by atoms with van der Waals surface area (Å²) in [6, 6.07) is -0.758. The first kappa shape index (κ1) is 13.6.